The van der Waals surface area contributed by atoms with Crippen LogP contribution in [0.5, 0.6) is 11.5 Å². The fraction of sp³-hybridized carbons (Fsp3) is 0.394. The van der Waals surface area contributed by atoms with E-state index in [2.05, 4.69) is 6.58 Å². The van der Waals surface area contributed by atoms with Crippen LogP contribution in [0.1, 0.15) is 75.8 Å². The maximum Gasteiger partial charge on any atom is 0.333 e. The van der Waals surface area contributed by atoms with Gasteiger partial charge in [0.2, 0.25) is 0 Å². The molecule has 202 valence electrons. The highest BCUT2D eigenvalue weighted by atomic mass is 16.5. The van der Waals surface area contributed by atoms with Gasteiger partial charge in [0.15, 0.2) is 5.78 Å². The minimum absolute atomic E-state index is 0.139. The average molecular weight is 517 g/mol. The quantitative estimate of drug-likeness (QED) is 0.146. The first-order valence-electron chi connectivity index (χ1n) is 13.6. The normalized spacial score (nSPS) is 15.5. The molecule has 0 spiro atoms. The zero-order valence-corrected chi connectivity index (χ0v) is 22.8. The summed E-state index contributed by atoms with van der Waals surface area (Å²) in [6.45, 7) is 6.40. The van der Waals surface area contributed by atoms with Crippen LogP contribution < -0.4 is 9.47 Å². The van der Waals surface area contributed by atoms with Gasteiger partial charge >= 0.3 is 5.97 Å². The Hall–Kier alpha value is -3.60. The largest absolute Gasteiger partial charge is 0.497 e. The van der Waals surface area contributed by atoms with Gasteiger partial charge in [0.05, 0.1) is 20.3 Å². The van der Waals surface area contributed by atoms with E-state index in [0.717, 1.165) is 91.6 Å². The number of allylic oxidation sites excluding steroid dienone is 2. The highest BCUT2D eigenvalue weighted by Crippen LogP contribution is 2.29. The Morgan fingerprint density at radius 1 is 0.789 bits per heavy atom. The number of carbonyl (C=O) groups excluding carboxylic acids is 2. The standard InChI is InChI=1S/C33H40O5/c1-25(2)33(35)38-22-9-7-5-4-6-8-21-37-31-19-15-27(16-20-31)24-29-12-10-11-28(32(29)34)23-26-13-17-30(36-3)18-14-26/h13-20,23-24H,1,4-12,21-22H2,2-3H3/b28-23-,29-24-. The van der Waals surface area contributed by atoms with Gasteiger partial charge in [-0.15, -0.1) is 0 Å². The summed E-state index contributed by atoms with van der Waals surface area (Å²) >= 11 is 0. The molecule has 0 atom stereocenters. The molecule has 0 aliphatic heterocycles. The van der Waals surface area contributed by atoms with Crippen molar-refractivity contribution in [1.29, 1.82) is 0 Å². The van der Waals surface area contributed by atoms with E-state index >= 15 is 0 Å². The molecule has 0 heterocycles. The summed E-state index contributed by atoms with van der Waals surface area (Å²) in [6, 6.07) is 15.7. The van der Waals surface area contributed by atoms with Crippen LogP contribution in [0.2, 0.25) is 0 Å². The van der Waals surface area contributed by atoms with Crippen molar-refractivity contribution in [3.8, 4) is 11.5 Å². The number of esters is 1. The van der Waals surface area contributed by atoms with Crippen LogP contribution in [-0.2, 0) is 14.3 Å². The van der Waals surface area contributed by atoms with Gasteiger partial charge in [0.25, 0.3) is 0 Å². The van der Waals surface area contributed by atoms with E-state index in [1.807, 2.05) is 60.7 Å². The molecule has 0 N–H and O–H groups in total. The van der Waals surface area contributed by atoms with Gasteiger partial charge in [-0.2, -0.15) is 0 Å². The summed E-state index contributed by atoms with van der Waals surface area (Å²) in [7, 11) is 1.65. The molecule has 5 heteroatoms. The molecule has 0 radical (unpaired) electrons. The molecule has 0 bridgehead atoms. The number of carbonyl (C=O) groups is 2. The molecule has 2 aromatic rings. The third-order valence-corrected chi connectivity index (χ3v) is 6.54. The van der Waals surface area contributed by atoms with Gasteiger partial charge in [-0.3, -0.25) is 4.79 Å². The van der Waals surface area contributed by atoms with Crippen LogP contribution in [0, 0.1) is 0 Å². The Morgan fingerprint density at radius 2 is 1.29 bits per heavy atom. The van der Waals surface area contributed by atoms with E-state index in [0.29, 0.717) is 18.8 Å². The maximum atomic E-state index is 13.1. The molecule has 0 saturated heterocycles. The van der Waals surface area contributed by atoms with Crippen LogP contribution in [-0.4, -0.2) is 32.1 Å². The Balaban J connectivity index is 1.37. The smallest absolute Gasteiger partial charge is 0.333 e. The van der Waals surface area contributed by atoms with Gasteiger partial charge in [-0.1, -0.05) is 56.5 Å². The van der Waals surface area contributed by atoms with Crippen LogP contribution >= 0.6 is 0 Å². The minimum atomic E-state index is -0.304. The number of methoxy groups -OCH3 is 1. The molecule has 1 saturated carbocycles. The Bertz CT molecular complexity index is 1120. The Kier molecular flexibility index (Phi) is 11.9. The first-order valence-corrected chi connectivity index (χ1v) is 13.6. The van der Waals surface area contributed by atoms with E-state index in [9.17, 15) is 9.59 Å². The number of ether oxygens (including phenoxy) is 3. The predicted octanol–water partition coefficient (Wildman–Crippen LogP) is 7.75. The third-order valence-electron chi connectivity index (χ3n) is 6.54. The lowest BCUT2D eigenvalue weighted by atomic mass is 9.87. The first-order chi connectivity index (χ1) is 18.5. The number of unbranched alkanes of at least 4 members (excludes halogenated alkanes) is 5. The van der Waals surface area contributed by atoms with Crippen molar-refractivity contribution >= 4 is 23.9 Å². The second-order valence-electron chi connectivity index (χ2n) is 9.75. The SMILES string of the molecule is C=C(C)C(=O)OCCCCCCCCOc1ccc(/C=C2/CCC/C(=C/c3ccc(OC)cc3)C2=O)cc1. The van der Waals surface area contributed by atoms with Crippen LogP contribution in [0.3, 0.4) is 0 Å². The molecule has 1 aliphatic carbocycles. The summed E-state index contributed by atoms with van der Waals surface area (Å²) < 4.78 is 16.2. The Labute approximate surface area is 227 Å². The molecule has 1 fully saturated rings. The lowest BCUT2D eigenvalue weighted by Crippen LogP contribution is -2.12. The average Bonchev–Trinajstić information content (AvgIpc) is 2.93. The van der Waals surface area contributed by atoms with Crippen molar-refractivity contribution in [3.63, 3.8) is 0 Å². The van der Waals surface area contributed by atoms with Crippen molar-refractivity contribution in [2.75, 3.05) is 20.3 Å². The number of hydrogen-bond acceptors (Lipinski definition) is 5. The van der Waals surface area contributed by atoms with Crippen molar-refractivity contribution in [1.82, 2.24) is 0 Å². The number of ketones is 1. The highest BCUT2D eigenvalue weighted by molar-refractivity contribution is 6.13. The predicted molar refractivity (Wildman–Crippen MR) is 153 cm³/mol. The zero-order valence-electron chi connectivity index (χ0n) is 22.8. The van der Waals surface area contributed by atoms with Crippen LogP contribution in [0.25, 0.3) is 12.2 Å². The summed E-state index contributed by atoms with van der Waals surface area (Å²) in [5.41, 5.74) is 4.19. The first kappa shape index (κ1) is 29.0. The third kappa shape index (κ3) is 9.70. The zero-order chi connectivity index (χ0) is 27.2. The second-order valence-corrected chi connectivity index (χ2v) is 9.75. The van der Waals surface area contributed by atoms with Gasteiger partial charge in [-0.25, -0.2) is 4.79 Å². The summed E-state index contributed by atoms with van der Waals surface area (Å²) in [5.74, 6) is 1.49. The van der Waals surface area contributed by atoms with E-state index in [1.165, 1.54) is 0 Å². The van der Waals surface area contributed by atoms with E-state index < -0.39 is 0 Å². The molecular weight excluding hydrogens is 476 g/mol. The molecule has 3 rings (SSSR count). The topological polar surface area (TPSA) is 61.8 Å². The fourth-order valence-electron chi connectivity index (χ4n) is 4.33. The lowest BCUT2D eigenvalue weighted by molar-refractivity contribution is -0.139. The second kappa shape index (κ2) is 15.6. The van der Waals surface area contributed by atoms with Gasteiger partial charge in [0, 0.05) is 16.7 Å². The van der Waals surface area contributed by atoms with Crippen molar-refractivity contribution in [2.24, 2.45) is 0 Å². The lowest BCUT2D eigenvalue weighted by Gasteiger charge is -2.16. The summed E-state index contributed by atoms with van der Waals surface area (Å²) in [4.78, 5) is 24.4. The van der Waals surface area contributed by atoms with Crippen molar-refractivity contribution in [3.05, 3.63) is 83.0 Å². The molecule has 0 amide bonds. The monoisotopic (exact) mass is 516 g/mol. The molecule has 38 heavy (non-hydrogen) atoms. The number of Topliss-reactive ketones (excluding diaryl/α,β-unsaturated/α-hetero) is 1. The number of hydrogen-bond donors (Lipinski definition) is 0. The summed E-state index contributed by atoms with van der Waals surface area (Å²) in [5, 5.41) is 0. The molecule has 5 nitrogen and oxygen atoms in total. The molecule has 0 unspecified atom stereocenters. The van der Waals surface area contributed by atoms with Crippen LogP contribution in [0.15, 0.2) is 71.8 Å². The highest BCUT2D eigenvalue weighted by Gasteiger charge is 2.20. The number of rotatable bonds is 14. The van der Waals surface area contributed by atoms with Crippen molar-refractivity contribution in [2.45, 2.75) is 64.7 Å². The Morgan fingerprint density at radius 3 is 1.82 bits per heavy atom. The van der Waals surface area contributed by atoms with Crippen LogP contribution in [0.4, 0.5) is 0 Å². The molecule has 2 aromatic carbocycles. The van der Waals surface area contributed by atoms with Gasteiger partial charge in [-0.05, 0) is 86.6 Å². The number of benzene rings is 2. The van der Waals surface area contributed by atoms with E-state index in [-0.39, 0.29) is 11.8 Å². The maximum absolute atomic E-state index is 13.1. The molecular formula is C33H40O5. The van der Waals surface area contributed by atoms with Gasteiger partial charge in [0.1, 0.15) is 11.5 Å². The van der Waals surface area contributed by atoms with Crippen molar-refractivity contribution < 1.29 is 23.8 Å². The molecule has 0 aromatic heterocycles. The summed E-state index contributed by atoms with van der Waals surface area (Å²) in [6.07, 6.45) is 12.9. The fourth-order valence-corrected chi connectivity index (χ4v) is 4.33. The van der Waals surface area contributed by atoms with E-state index in [1.54, 1.807) is 14.0 Å². The molecule has 1 aliphatic rings. The van der Waals surface area contributed by atoms with E-state index in [4.69, 9.17) is 14.2 Å². The van der Waals surface area contributed by atoms with Gasteiger partial charge < -0.3 is 14.2 Å². The minimum Gasteiger partial charge on any atom is -0.497 e.